The number of nitrogens with zero attached hydrogens (tertiary/aromatic N) is 6. The standard InChI is InChI=1S/C24H21F3N8O2/c25-24(26,27)13-35-22-19(10-29-35)21(34-11-18-8-17(34)12-37-18)32-20(33-22)14-3-5-15(6-4-14)30-23(36)31-16-2-1-7-28-9-16/h1-7,9-10,17-18H,8,11-13H2,(H2,30,31,36)/t17-,18-/m0/s1. The minimum absolute atomic E-state index is 0.0758. The summed E-state index contributed by atoms with van der Waals surface area (Å²) >= 11 is 0. The number of hydrogen-bond donors (Lipinski definition) is 2. The number of halogens is 3. The van der Waals surface area contributed by atoms with Gasteiger partial charge in [-0.05, 0) is 42.8 Å². The van der Waals surface area contributed by atoms with Gasteiger partial charge in [0.25, 0.3) is 0 Å². The number of hydrogen-bond acceptors (Lipinski definition) is 7. The second kappa shape index (κ2) is 9.00. The minimum Gasteiger partial charge on any atom is -0.374 e. The number of anilines is 3. The lowest BCUT2D eigenvalue weighted by molar-refractivity contribution is -0.141. The molecule has 0 aliphatic carbocycles. The third-order valence-corrected chi connectivity index (χ3v) is 6.30. The number of ether oxygens (including phenoxy) is 1. The van der Waals surface area contributed by atoms with Crippen molar-refractivity contribution in [2.24, 2.45) is 0 Å². The van der Waals surface area contributed by atoms with Gasteiger partial charge in [-0.2, -0.15) is 18.3 Å². The van der Waals surface area contributed by atoms with Crippen molar-refractivity contribution in [2.45, 2.75) is 31.3 Å². The van der Waals surface area contributed by atoms with Gasteiger partial charge in [0.05, 0.1) is 42.2 Å². The molecule has 13 heteroatoms. The average Bonchev–Trinajstić information content (AvgIpc) is 3.60. The molecule has 37 heavy (non-hydrogen) atoms. The molecule has 1 aromatic carbocycles. The SMILES string of the molecule is O=C(Nc1ccc(-c2nc(N3C[C@@H]4C[C@H]3CO4)c3cnn(CC(F)(F)F)c3n2)cc1)Nc1cccnc1. The Morgan fingerprint density at radius 1 is 1.08 bits per heavy atom. The van der Waals surface area contributed by atoms with Crippen molar-refractivity contribution in [2.75, 3.05) is 28.7 Å². The third-order valence-electron chi connectivity index (χ3n) is 6.30. The van der Waals surface area contributed by atoms with Crippen molar-refractivity contribution in [1.29, 1.82) is 0 Å². The summed E-state index contributed by atoms with van der Waals surface area (Å²) in [5.74, 6) is 0.809. The first-order valence-electron chi connectivity index (χ1n) is 11.6. The molecule has 2 saturated heterocycles. The molecule has 2 aliphatic heterocycles. The van der Waals surface area contributed by atoms with Crippen LogP contribution >= 0.6 is 0 Å². The Kier molecular flexibility index (Phi) is 5.63. The van der Waals surface area contributed by atoms with Crippen molar-refractivity contribution in [1.82, 2.24) is 24.7 Å². The van der Waals surface area contributed by atoms with Crippen molar-refractivity contribution in [3.05, 3.63) is 55.0 Å². The van der Waals surface area contributed by atoms with E-state index >= 15 is 0 Å². The van der Waals surface area contributed by atoms with Gasteiger partial charge in [0.15, 0.2) is 11.5 Å². The van der Waals surface area contributed by atoms with Crippen LogP contribution < -0.4 is 15.5 Å². The van der Waals surface area contributed by atoms with Crippen LogP contribution in [0.5, 0.6) is 0 Å². The molecule has 0 unspecified atom stereocenters. The Morgan fingerprint density at radius 2 is 1.89 bits per heavy atom. The first kappa shape index (κ1) is 23.2. The van der Waals surface area contributed by atoms with Crippen LogP contribution in [0.1, 0.15) is 6.42 Å². The molecule has 190 valence electrons. The van der Waals surface area contributed by atoms with E-state index in [0.29, 0.717) is 41.3 Å². The summed E-state index contributed by atoms with van der Waals surface area (Å²) in [6.07, 6.45) is 0.987. The Morgan fingerprint density at radius 3 is 2.57 bits per heavy atom. The van der Waals surface area contributed by atoms with Crippen LogP contribution in [0.25, 0.3) is 22.4 Å². The number of benzene rings is 1. The number of rotatable bonds is 5. The topological polar surface area (TPSA) is 110 Å². The number of amides is 2. The first-order valence-corrected chi connectivity index (χ1v) is 11.6. The summed E-state index contributed by atoms with van der Waals surface area (Å²) in [5.41, 5.74) is 1.76. The number of alkyl halides is 3. The van der Waals surface area contributed by atoms with E-state index in [2.05, 4.69) is 30.6 Å². The highest BCUT2D eigenvalue weighted by Gasteiger charge is 2.41. The van der Waals surface area contributed by atoms with Gasteiger partial charge >= 0.3 is 12.2 Å². The molecular weight excluding hydrogens is 489 g/mol. The van der Waals surface area contributed by atoms with Gasteiger partial charge in [0, 0.05) is 24.0 Å². The summed E-state index contributed by atoms with van der Waals surface area (Å²) in [7, 11) is 0. The summed E-state index contributed by atoms with van der Waals surface area (Å²) in [5, 5.41) is 9.83. The first-order chi connectivity index (χ1) is 17.8. The highest BCUT2D eigenvalue weighted by Crippen LogP contribution is 2.36. The molecule has 10 nitrogen and oxygen atoms in total. The summed E-state index contributed by atoms with van der Waals surface area (Å²) in [4.78, 5) is 27.5. The largest absolute Gasteiger partial charge is 0.408 e. The Hall–Kier alpha value is -4.26. The molecule has 2 atom stereocenters. The van der Waals surface area contributed by atoms with Crippen molar-refractivity contribution in [3.63, 3.8) is 0 Å². The fourth-order valence-corrected chi connectivity index (χ4v) is 4.67. The molecule has 0 radical (unpaired) electrons. The third kappa shape index (κ3) is 4.77. The van der Waals surface area contributed by atoms with Gasteiger partial charge in [-0.3, -0.25) is 4.98 Å². The maximum absolute atomic E-state index is 13.2. The molecule has 2 bridgehead atoms. The number of pyridine rings is 1. The van der Waals surface area contributed by atoms with Gasteiger partial charge < -0.3 is 20.3 Å². The highest BCUT2D eigenvalue weighted by molar-refractivity contribution is 5.99. The van der Waals surface area contributed by atoms with Gasteiger partial charge in [0.2, 0.25) is 0 Å². The van der Waals surface area contributed by atoms with E-state index in [1.807, 2.05) is 0 Å². The zero-order chi connectivity index (χ0) is 25.6. The molecular formula is C24H21F3N8O2. The number of carbonyl (C=O) groups excluding carboxylic acids is 1. The van der Waals surface area contributed by atoms with E-state index in [4.69, 9.17) is 9.72 Å². The molecule has 0 saturated carbocycles. The van der Waals surface area contributed by atoms with E-state index < -0.39 is 18.8 Å². The van der Waals surface area contributed by atoms with Crippen LogP contribution in [0.3, 0.4) is 0 Å². The molecule has 0 spiro atoms. The predicted octanol–water partition coefficient (Wildman–Crippen LogP) is 4.07. The molecule has 2 aliphatic rings. The van der Waals surface area contributed by atoms with E-state index in [9.17, 15) is 18.0 Å². The number of nitrogens with one attached hydrogen (secondary N) is 2. The minimum atomic E-state index is -4.45. The fraction of sp³-hybridized carbons (Fsp3) is 0.292. The molecule has 3 aromatic heterocycles. The van der Waals surface area contributed by atoms with Crippen LogP contribution in [0.4, 0.5) is 35.2 Å². The lowest BCUT2D eigenvalue weighted by atomic mass is 10.2. The highest BCUT2D eigenvalue weighted by atomic mass is 19.4. The Balaban J connectivity index is 1.30. The van der Waals surface area contributed by atoms with Crippen LogP contribution in [0, 0.1) is 0 Å². The summed E-state index contributed by atoms with van der Waals surface area (Å²) in [6.45, 7) is -0.101. The molecule has 5 heterocycles. The fourth-order valence-electron chi connectivity index (χ4n) is 4.67. The van der Waals surface area contributed by atoms with Crippen LogP contribution in [0.15, 0.2) is 55.0 Å². The van der Waals surface area contributed by atoms with Crippen LogP contribution in [-0.2, 0) is 11.3 Å². The number of morpholine rings is 1. The predicted molar refractivity (Wildman–Crippen MR) is 129 cm³/mol. The monoisotopic (exact) mass is 510 g/mol. The second-order valence-corrected chi connectivity index (χ2v) is 8.92. The Labute approximate surface area is 208 Å². The van der Waals surface area contributed by atoms with Crippen molar-refractivity contribution in [3.8, 4) is 11.4 Å². The molecule has 6 rings (SSSR count). The lowest BCUT2D eigenvalue weighted by Crippen LogP contribution is -2.37. The van der Waals surface area contributed by atoms with Crippen molar-refractivity contribution < 1.29 is 22.7 Å². The van der Waals surface area contributed by atoms with E-state index in [1.54, 1.807) is 42.6 Å². The van der Waals surface area contributed by atoms with Gasteiger partial charge in [-0.15, -0.1) is 0 Å². The lowest BCUT2D eigenvalue weighted by Gasteiger charge is -2.28. The second-order valence-electron chi connectivity index (χ2n) is 8.92. The van der Waals surface area contributed by atoms with Gasteiger partial charge in [0.1, 0.15) is 12.4 Å². The summed E-state index contributed by atoms with van der Waals surface area (Å²) < 4.78 is 46.2. The van der Waals surface area contributed by atoms with Gasteiger partial charge in [-0.25, -0.2) is 19.4 Å². The summed E-state index contributed by atoms with van der Waals surface area (Å²) in [6, 6.07) is 9.82. The molecule has 2 amide bonds. The maximum atomic E-state index is 13.2. The van der Waals surface area contributed by atoms with E-state index in [-0.39, 0.29) is 23.6 Å². The smallest absolute Gasteiger partial charge is 0.374 e. The van der Waals surface area contributed by atoms with E-state index in [0.717, 1.165) is 11.1 Å². The van der Waals surface area contributed by atoms with Crippen LogP contribution in [0.2, 0.25) is 0 Å². The molecule has 4 aromatic rings. The number of aromatic nitrogens is 5. The van der Waals surface area contributed by atoms with Crippen LogP contribution in [-0.4, -0.2) is 62.2 Å². The quantitative estimate of drug-likeness (QED) is 0.417. The average molecular weight is 510 g/mol. The zero-order valence-electron chi connectivity index (χ0n) is 19.3. The zero-order valence-corrected chi connectivity index (χ0v) is 19.3. The Bertz CT molecular complexity index is 1440. The molecule has 2 N–H and O–H groups in total. The van der Waals surface area contributed by atoms with Gasteiger partial charge in [-0.1, -0.05) is 0 Å². The number of fused-ring (bicyclic) bond motifs is 3. The molecule has 2 fully saturated rings. The normalized spacial score (nSPS) is 18.9. The maximum Gasteiger partial charge on any atom is 0.408 e. The number of carbonyl (C=O) groups is 1. The van der Waals surface area contributed by atoms with Crippen molar-refractivity contribution >= 4 is 34.3 Å². The number of urea groups is 1. The van der Waals surface area contributed by atoms with E-state index in [1.165, 1.54) is 12.4 Å².